The molecule has 0 aliphatic rings. The van der Waals surface area contributed by atoms with Crippen molar-refractivity contribution in [2.75, 3.05) is 0 Å². The first-order valence-corrected chi connectivity index (χ1v) is 3.27. The van der Waals surface area contributed by atoms with Crippen LogP contribution in [0.2, 0.25) is 0 Å². The van der Waals surface area contributed by atoms with Gasteiger partial charge in [0.05, 0.1) is 6.54 Å². The number of carbonyl (C=O) groups excluding carboxylic acids is 1. The molecule has 0 aliphatic carbocycles. The second kappa shape index (κ2) is 3.64. The quantitative estimate of drug-likeness (QED) is 0.467. The fourth-order valence-electron chi connectivity index (χ4n) is 0.797. The highest BCUT2D eigenvalue weighted by molar-refractivity contribution is 5.34. The number of pyridine rings is 1. The molecular weight excluding hydrogens is 140 g/mol. The molecule has 0 fully saturated rings. The maximum atomic E-state index is 9.78. The lowest BCUT2D eigenvalue weighted by Crippen LogP contribution is -1.86. The molecular formula is C8H8N2O. The van der Waals surface area contributed by atoms with Crippen molar-refractivity contribution in [1.29, 1.82) is 0 Å². The average Bonchev–Trinajstić information content (AvgIpc) is 2.03. The first kappa shape index (κ1) is 7.63. The molecule has 0 amide bonds. The molecule has 1 heterocycles. The highest BCUT2D eigenvalue weighted by Crippen LogP contribution is 2.05. The highest BCUT2D eigenvalue weighted by atomic mass is 16.1. The maximum absolute atomic E-state index is 9.78. The number of isocyanates is 1. The summed E-state index contributed by atoms with van der Waals surface area (Å²) in [5.41, 5.74) is 2.06. The molecule has 11 heavy (non-hydrogen) atoms. The Morgan fingerprint density at radius 1 is 1.73 bits per heavy atom. The van der Waals surface area contributed by atoms with Crippen LogP contribution in [0.25, 0.3) is 0 Å². The summed E-state index contributed by atoms with van der Waals surface area (Å²) in [6, 6.07) is 1.84. The fourth-order valence-corrected chi connectivity index (χ4v) is 0.797. The van der Waals surface area contributed by atoms with E-state index in [4.69, 9.17) is 0 Å². The molecule has 0 radical (unpaired) electrons. The number of aryl methyl sites for hydroxylation is 1. The molecule has 0 saturated heterocycles. The van der Waals surface area contributed by atoms with E-state index in [-0.39, 0.29) is 0 Å². The van der Waals surface area contributed by atoms with E-state index >= 15 is 0 Å². The number of hydrogen-bond donors (Lipinski definition) is 0. The predicted octanol–water partition coefficient (Wildman–Crippen LogP) is 1.23. The Balaban J connectivity index is 2.85. The van der Waals surface area contributed by atoms with Crippen LogP contribution in [0.15, 0.2) is 23.5 Å². The molecule has 3 heteroatoms. The van der Waals surface area contributed by atoms with Crippen LogP contribution in [0, 0.1) is 6.92 Å². The molecule has 0 N–H and O–H groups in total. The van der Waals surface area contributed by atoms with Gasteiger partial charge in [0.15, 0.2) is 0 Å². The Morgan fingerprint density at radius 3 is 3.18 bits per heavy atom. The number of hydrogen-bond acceptors (Lipinski definition) is 3. The minimum Gasteiger partial charge on any atom is -0.264 e. The molecule has 0 spiro atoms. The van der Waals surface area contributed by atoms with Crippen molar-refractivity contribution in [3.05, 3.63) is 29.6 Å². The van der Waals surface area contributed by atoms with E-state index in [9.17, 15) is 4.79 Å². The minimum atomic E-state index is 0.401. The van der Waals surface area contributed by atoms with Crippen molar-refractivity contribution in [1.82, 2.24) is 4.98 Å². The van der Waals surface area contributed by atoms with E-state index in [1.54, 1.807) is 12.4 Å². The number of nitrogens with zero attached hydrogens (tertiary/aromatic N) is 2. The van der Waals surface area contributed by atoms with Crippen LogP contribution in [0.1, 0.15) is 11.1 Å². The van der Waals surface area contributed by atoms with E-state index in [0.29, 0.717) is 6.54 Å². The van der Waals surface area contributed by atoms with Gasteiger partial charge in [0.2, 0.25) is 6.08 Å². The third kappa shape index (κ3) is 1.99. The van der Waals surface area contributed by atoms with Crippen molar-refractivity contribution >= 4 is 6.08 Å². The van der Waals surface area contributed by atoms with E-state index < -0.39 is 0 Å². The summed E-state index contributed by atoms with van der Waals surface area (Å²) in [5, 5.41) is 0. The van der Waals surface area contributed by atoms with Crippen molar-refractivity contribution in [2.45, 2.75) is 13.5 Å². The molecule has 1 aromatic heterocycles. The lowest BCUT2D eigenvalue weighted by Gasteiger charge is -1.97. The first-order valence-electron chi connectivity index (χ1n) is 3.27. The van der Waals surface area contributed by atoms with Gasteiger partial charge in [0, 0.05) is 12.4 Å². The molecule has 3 nitrogen and oxygen atoms in total. The zero-order valence-electron chi connectivity index (χ0n) is 6.24. The summed E-state index contributed by atoms with van der Waals surface area (Å²) in [4.78, 5) is 17.2. The van der Waals surface area contributed by atoms with Crippen LogP contribution in [-0.2, 0) is 11.3 Å². The van der Waals surface area contributed by atoms with Gasteiger partial charge in [0.25, 0.3) is 0 Å². The van der Waals surface area contributed by atoms with Crippen LogP contribution in [0.5, 0.6) is 0 Å². The van der Waals surface area contributed by atoms with Gasteiger partial charge in [0.1, 0.15) is 0 Å². The molecule has 0 saturated carbocycles. The van der Waals surface area contributed by atoms with Crippen molar-refractivity contribution in [2.24, 2.45) is 4.99 Å². The Morgan fingerprint density at radius 2 is 2.55 bits per heavy atom. The summed E-state index contributed by atoms with van der Waals surface area (Å²) >= 11 is 0. The van der Waals surface area contributed by atoms with E-state index in [0.717, 1.165) is 11.1 Å². The van der Waals surface area contributed by atoms with E-state index in [1.165, 1.54) is 6.08 Å². The predicted molar refractivity (Wildman–Crippen MR) is 40.8 cm³/mol. The minimum absolute atomic E-state index is 0.401. The van der Waals surface area contributed by atoms with Crippen LogP contribution in [0.3, 0.4) is 0 Å². The monoisotopic (exact) mass is 148 g/mol. The van der Waals surface area contributed by atoms with Crippen molar-refractivity contribution in [3.8, 4) is 0 Å². The molecule has 1 aromatic rings. The summed E-state index contributed by atoms with van der Waals surface area (Å²) in [5.74, 6) is 0. The second-order valence-corrected chi connectivity index (χ2v) is 2.21. The SMILES string of the molecule is Cc1cnccc1CN=C=O. The number of aromatic nitrogens is 1. The van der Waals surface area contributed by atoms with Gasteiger partial charge in [-0.25, -0.2) is 9.79 Å². The zero-order valence-corrected chi connectivity index (χ0v) is 6.24. The summed E-state index contributed by atoms with van der Waals surface area (Å²) in [6.45, 7) is 2.33. The van der Waals surface area contributed by atoms with Gasteiger partial charge in [-0.1, -0.05) is 0 Å². The van der Waals surface area contributed by atoms with Crippen LogP contribution in [-0.4, -0.2) is 11.1 Å². The van der Waals surface area contributed by atoms with Crippen LogP contribution < -0.4 is 0 Å². The molecule has 0 atom stereocenters. The summed E-state index contributed by atoms with van der Waals surface area (Å²) < 4.78 is 0. The lowest BCUT2D eigenvalue weighted by atomic mass is 10.2. The fraction of sp³-hybridized carbons (Fsp3) is 0.250. The zero-order chi connectivity index (χ0) is 8.10. The van der Waals surface area contributed by atoms with Gasteiger partial charge in [-0.2, -0.15) is 0 Å². The Labute approximate surface area is 64.8 Å². The van der Waals surface area contributed by atoms with Gasteiger partial charge < -0.3 is 0 Å². The van der Waals surface area contributed by atoms with E-state index in [1.807, 2.05) is 13.0 Å². The number of rotatable bonds is 2. The van der Waals surface area contributed by atoms with Gasteiger partial charge in [-0.05, 0) is 24.1 Å². The molecule has 0 aromatic carbocycles. The standard InChI is InChI=1S/C8H8N2O/c1-7-4-9-3-2-8(7)5-10-6-11/h2-4H,5H2,1H3. The largest absolute Gasteiger partial charge is 0.264 e. The molecule has 56 valence electrons. The van der Waals surface area contributed by atoms with E-state index in [2.05, 4.69) is 9.98 Å². The van der Waals surface area contributed by atoms with Gasteiger partial charge >= 0.3 is 0 Å². The second-order valence-electron chi connectivity index (χ2n) is 2.21. The van der Waals surface area contributed by atoms with Gasteiger partial charge in [-0.3, -0.25) is 4.98 Å². The molecule has 1 rings (SSSR count). The topological polar surface area (TPSA) is 42.3 Å². The molecule has 0 unspecified atom stereocenters. The summed E-state index contributed by atoms with van der Waals surface area (Å²) in [6.07, 6.45) is 4.93. The maximum Gasteiger partial charge on any atom is 0.235 e. The smallest absolute Gasteiger partial charge is 0.235 e. The summed E-state index contributed by atoms with van der Waals surface area (Å²) in [7, 11) is 0. The first-order chi connectivity index (χ1) is 5.34. The lowest BCUT2D eigenvalue weighted by molar-refractivity contribution is 0.562. The Kier molecular flexibility index (Phi) is 2.53. The highest BCUT2D eigenvalue weighted by Gasteiger charge is 1.93. The third-order valence-corrected chi connectivity index (χ3v) is 1.45. The van der Waals surface area contributed by atoms with Crippen molar-refractivity contribution in [3.63, 3.8) is 0 Å². The Bertz CT molecular complexity index is 290. The molecule has 0 bridgehead atoms. The van der Waals surface area contributed by atoms with Crippen molar-refractivity contribution < 1.29 is 4.79 Å². The van der Waals surface area contributed by atoms with Gasteiger partial charge in [-0.15, -0.1) is 0 Å². The average molecular weight is 148 g/mol. The van der Waals surface area contributed by atoms with Crippen LogP contribution >= 0.6 is 0 Å². The van der Waals surface area contributed by atoms with Crippen LogP contribution in [0.4, 0.5) is 0 Å². The third-order valence-electron chi connectivity index (χ3n) is 1.45. The number of aliphatic imine (C=N–C) groups is 1. The Hall–Kier alpha value is -1.47. The molecule has 0 aliphatic heterocycles. The normalized spacial score (nSPS) is 8.82.